The second-order valence-electron chi connectivity index (χ2n) is 8.53. The number of ether oxygens (including phenoxy) is 1. The first-order valence-corrected chi connectivity index (χ1v) is 13.3. The van der Waals surface area contributed by atoms with Crippen molar-refractivity contribution in [3.8, 4) is 5.75 Å². The summed E-state index contributed by atoms with van der Waals surface area (Å²) in [6.07, 6.45) is 4.29. The zero-order chi connectivity index (χ0) is 24.6. The molecule has 1 amide bonds. The van der Waals surface area contributed by atoms with Crippen LogP contribution in [0.15, 0.2) is 71.0 Å². The number of para-hydroxylation sites is 1. The molecule has 1 unspecified atom stereocenters. The predicted octanol–water partition coefficient (Wildman–Crippen LogP) is 6.28. The largest absolute Gasteiger partial charge is 0.494 e. The van der Waals surface area contributed by atoms with Crippen LogP contribution in [0.25, 0.3) is 0 Å². The number of nitrogens with one attached hydrogen (secondary N) is 2. The smallest absolute Gasteiger partial charge is 0.255 e. The van der Waals surface area contributed by atoms with Gasteiger partial charge in [0.05, 0.1) is 12.2 Å². The van der Waals surface area contributed by atoms with Gasteiger partial charge in [0.25, 0.3) is 5.91 Å². The SMILES string of the molecule is CCCCOc1cccc(C2C(C(=O)Nc3ccccc3)=C(C)Nc3nc(SCCCC)nn32)c1. The Labute approximate surface area is 211 Å². The third-order valence-electron chi connectivity index (χ3n) is 5.78. The van der Waals surface area contributed by atoms with Gasteiger partial charge in [-0.25, -0.2) is 4.68 Å². The van der Waals surface area contributed by atoms with Crippen molar-refractivity contribution in [3.63, 3.8) is 0 Å². The van der Waals surface area contributed by atoms with Crippen LogP contribution in [0.1, 0.15) is 58.1 Å². The molecule has 7 nitrogen and oxygen atoms in total. The quantitative estimate of drug-likeness (QED) is 0.243. The van der Waals surface area contributed by atoms with Crippen LogP contribution in [-0.4, -0.2) is 33.0 Å². The number of benzene rings is 2. The topological polar surface area (TPSA) is 81.1 Å². The Kier molecular flexibility index (Phi) is 8.47. The summed E-state index contributed by atoms with van der Waals surface area (Å²) in [6.45, 7) is 6.89. The Morgan fingerprint density at radius 1 is 1.11 bits per heavy atom. The average Bonchev–Trinajstić information content (AvgIpc) is 3.26. The zero-order valence-corrected chi connectivity index (χ0v) is 21.4. The lowest BCUT2D eigenvalue weighted by Gasteiger charge is -2.29. The third kappa shape index (κ3) is 6.06. The molecular formula is C27H33N5O2S. The lowest BCUT2D eigenvalue weighted by Crippen LogP contribution is -2.31. The van der Waals surface area contributed by atoms with E-state index >= 15 is 0 Å². The van der Waals surface area contributed by atoms with Crippen LogP contribution in [-0.2, 0) is 4.79 Å². The van der Waals surface area contributed by atoms with Crippen molar-refractivity contribution in [1.29, 1.82) is 0 Å². The van der Waals surface area contributed by atoms with E-state index in [2.05, 4.69) is 24.5 Å². The van der Waals surface area contributed by atoms with Gasteiger partial charge in [-0.1, -0.05) is 68.8 Å². The maximum Gasteiger partial charge on any atom is 0.255 e. The number of rotatable bonds is 11. The first-order valence-electron chi connectivity index (χ1n) is 12.3. The van der Waals surface area contributed by atoms with E-state index in [1.165, 1.54) is 0 Å². The standard InChI is InChI=1S/C27H33N5O2S/c1-4-6-16-34-22-15-11-12-20(18-22)24-23(25(33)29-21-13-9-8-10-14-21)19(3)28-26-30-27(31-32(24)26)35-17-7-5-2/h8-15,18,24H,4-7,16-17H2,1-3H3,(H,29,33)(H,28,30,31). The Morgan fingerprint density at radius 3 is 2.69 bits per heavy atom. The van der Waals surface area contributed by atoms with Gasteiger partial charge < -0.3 is 15.4 Å². The van der Waals surface area contributed by atoms with Crippen LogP contribution in [0.4, 0.5) is 11.6 Å². The molecule has 1 aliphatic rings. The Hall–Kier alpha value is -3.26. The number of allylic oxidation sites excluding steroid dienone is 1. The van der Waals surface area contributed by atoms with E-state index in [0.29, 0.717) is 23.3 Å². The molecule has 0 saturated carbocycles. The van der Waals surface area contributed by atoms with E-state index in [9.17, 15) is 4.79 Å². The van der Waals surface area contributed by atoms with Crippen molar-refractivity contribution in [2.24, 2.45) is 0 Å². The fraction of sp³-hybridized carbons (Fsp3) is 0.370. The molecule has 3 aromatic rings. The number of unbranched alkanes of at least 4 members (excludes halogenated alkanes) is 2. The van der Waals surface area contributed by atoms with E-state index < -0.39 is 6.04 Å². The maximum atomic E-state index is 13.6. The van der Waals surface area contributed by atoms with E-state index in [-0.39, 0.29) is 5.91 Å². The van der Waals surface area contributed by atoms with Gasteiger partial charge >= 0.3 is 0 Å². The first kappa shape index (κ1) is 24.9. The molecule has 2 N–H and O–H groups in total. The molecule has 8 heteroatoms. The molecule has 0 bridgehead atoms. The Morgan fingerprint density at radius 2 is 1.91 bits per heavy atom. The van der Waals surface area contributed by atoms with Crippen molar-refractivity contribution < 1.29 is 9.53 Å². The lowest BCUT2D eigenvalue weighted by atomic mass is 9.95. The number of hydrogen-bond donors (Lipinski definition) is 2. The van der Waals surface area contributed by atoms with E-state index in [0.717, 1.165) is 54.1 Å². The summed E-state index contributed by atoms with van der Waals surface area (Å²) in [4.78, 5) is 18.3. The zero-order valence-electron chi connectivity index (χ0n) is 20.6. The fourth-order valence-corrected chi connectivity index (χ4v) is 4.84. The highest BCUT2D eigenvalue weighted by Gasteiger charge is 2.34. The van der Waals surface area contributed by atoms with E-state index in [1.54, 1.807) is 11.8 Å². The first-order chi connectivity index (χ1) is 17.1. The van der Waals surface area contributed by atoms with Crippen molar-refractivity contribution in [2.45, 2.75) is 57.7 Å². The van der Waals surface area contributed by atoms with Crippen LogP contribution in [0.5, 0.6) is 5.75 Å². The molecule has 2 aromatic carbocycles. The van der Waals surface area contributed by atoms with Crippen molar-refractivity contribution in [2.75, 3.05) is 23.0 Å². The fourth-order valence-electron chi connectivity index (χ4n) is 3.93. The summed E-state index contributed by atoms with van der Waals surface area (Å²) in [5.74, 6) is 2.21. The monoisotopic (exact) mass is 491 g/mol. The number of thioether (sulfide) groups is 1. The van der Waals surface area contributed by atoms with Gasteiger partial charge in [0.2, 0.25) is 11.1 Å². The van der Waals surface area contributed by atoms with Gasteiger partial charge in [0.15, 0.2) is 0 Å². The number of amides is 1. The van der Waals surface area contributed by atoms with Crippen LogP contribution in [0.2, 0.25) is 0 Å². The average molecular weight is 492 g/mol. The molecule has 1 atom stereocenters. The minimum atomic E-state index is -0.433. The molecule has 0 spiro atoms. The Balaban J connectivity index is 1.71. The van der Waals surface area contributed by atoms with E-state index in [4.69, 9.17) is 14.8 Å². The highest BCUT2D eigenvalue weighted by Crippen LogP contribution is 2.37. The molecule has 1 aliphatic heterocycles. The lowest BCUT2D eigenvalue weighted by molar-refractivity contribution is -0.113. The molecule has 184 valence electrons. The number of aromatic nitrogens is 3. The van der Waals surface area contributed by atoms with Crippen molar-refractivity contribution in [3.05, 3.63) is 71.4 Å². The predicted molar refractivity (Wildman–Crippen MR) is 142 cm³/mol. The minimum Gasteiger partial charge on any atom is -0.494 e. The molecule has 0 radical (unpaired) electrons. The van der Waals surface area contributed by atoms with Crippen LogP contribution in [0, 0.1) is 0 Å². The van der Waals surface area contributed by atoms with Crippen molar-refractivity contribution in [1.82, 2.24) is 14.8 Å². The van der Waals surface area contributed by atoms with Crippen LogP contribution >= 0.6 is 11.8 Å². The van der Waals surface area contributed by atoms with Gasteiger partial charge in [-0.15, -0.1) is 5.10 Å². The summed E-state index contributed by atoms with van der Waals surface area (Å²) in [7, 11) is 0. The number of fused-ring (bicyclic) bond motifs is 1. The number of hydrogen-bond acceptors (Lipinski definition) is 6. The van der Waals surface area contributed by atoms with Crippen LogP contribution in [0.3, 0.4) is 0 Å². The highest BCUT2D eigenvalue weighted by molar-refractivity contribution is 7.99. The number of anilines is 2. The molecular weight excluding hydrogens is 458 g/mol. The molecule has 2 heterocycles. The maximum absolute atomic E-state index is 13.6. The number of carbonyl (C=O) groups is 1. The number of nitrogens with zero attached hydrogens (tertiary/aromatic N) is 3. The normalized spacial score (nSPS) is 14.9. The van der Waals surface area contributed by atoms with Gasteiger partial charge in [0, 0.05) is 17.1 Å². The minimum absolute atomic E-state index is 0.176. The summed E-state index contributed by atoms with van der Waals surface area (Å²) in [5, 5.41) is 11.9. The summed E-state index contributed by atoms with van der Waals surface area (Å²) < 4.78 is 7.80. The summed E-state index contributed by atoms with van der Waals surface area (Å²) >= 11 is 1.64. The van der Waals surface area contributed by atoms with Gasteiger partial charge in [-0.05, 0) is 49.6 Å². The van der Waals surface area contributed by atoms with Gasteiger partial charge in [0.1, 0.15) is 11.8 Å². The van der Waals surface area contributed by atoms with Gasteiger partial charge in [-0.2, -0.15) is 4.98 Å². The molecule has 0 aliphatic carbocycles. The second-order valence-corrected chi connectivity index (χ2v) is 9.59. The Bertz CT molecular complexity index is 1180. The molecule has 0 saturated heterocycles. The van der Waals surface area contributed by atoms with Crippen molar-refractivity contribution >= 4 is 29.3 Å². The molecule has 1 aromatic heterocycles. The highest BCUT2D eigenvalue weighted by atomic mass is 32.2. The molecule has 0 fully saturated rings. The molecule has 4 rings (SSSR count). The van der Waals surface area contributed by atoms with Gasteiger partial charge in [-0.3, -0.25) is 4.79 Å². The van der Waals surface area contributed by atoms with E-state index in [1.807, 2.05) is 66.2 Å². The second kappa shape index (κ2) is 11.9. The summed E-state index contributed by atoms with van der Waals surface area (Å²) in [5.41, 5.74) is 3.02. The summed E-state index contributed by atoms with van der Waals surface area (Å²) in [6, 6.07) is 17.0. The molecule has 35 heavy (non-hydrogen) atoms. The third-order valence-corrected chi connectivity index (χ3v) is 6.70. The number of carbonyl (C=O) groups excluding carboxylic acids is 1. The van der Waals surface area contributed by atoms with Crippen LogP contribution < -0.4 is 15.4 Å².